The number of carbonyl (C=O) groups excluding carboxylic acids is 1. The summed E-state index contributed by atoms with van der Waals surface area (Å²) in [5.74, 6) is 0.745. The average Bonchev–Trinajstić information content (AvgIpc) is 3.43. The van der Waals surface area contributed by atoms with Crippen molar-refractivity contribution in [1.29, 1.82) is 0 Å². The summed E-state index contributed by atoms with van der Waals surface area (Å²) >= 11 is 0. The van der Waals surface area contributed by atoms with Gasteiger partial charge in [0.15, 0.2) is 18.3 Å². The zero-order valence-corrected chi connectivity index (χ0v) is 16.2. The first-order valence-electron chi connectivity index (χ1n) is 9.91. The number of nitrogens with one attached hydrogen (secondary N) is 1. The first-order valence-corrected chi connectivity index (χ1v) is 9.91. The second-order valence-electron chi connectivity index (χ2n) is 7.20. The lowest BCUT2D eigenvalue weighted by atomic mass is 10.0. The van der Waals surface area contributed by atoms with E-state index in [-0.39, 0.29) is 18.5 Å². The Morgan fingerprint density at radius 3 is 2.50 bits per heavy atom. The number of anilines is 1. The molecule has 0 radical (unpaired) electrons. The maximum absolute atomic E-state index is 12.7. The highest BCUT2D eigenvalue weighted by Crippen LogP contribution is 2.30. The molecule has 30 heavy (non-hydrogen) atoms. The molecule has 1 atom stereocenters. The van der Waals surface area contributed by atoms with E-state index in [4.69, 9.17) is 8.83 Å². The second kappa shape index (κ2) is 7.89. The molecule has 2 heterocycles. The van der Waals surface area contributed by atoms with Crippen LogP contribution >= 0.6 is 0 Å². The molecule has 1 amide bonds. The van der Waals surface area contributed by atoms with Gasteiger partial charge in [-0.15, -0.1) is 0 Å². The number of hydrogen-bond donors (Lipinski definition) is 2. The highest BCUT2D eigenvalue weighted by atomic mass is 16.3. The number of rotatable bonds is 6. The molecule has 3 aromatic carbocycles. The lowest BCUT2D eigenvalue weighted by Crippen LogP contribution is -2.87. The fourth-order valence-corrected chi connectivity index (χ4v) is 3.79. The molecular weight excluding hydrogens is 376 g/mol. The van der Waals surface area contributed by atoms with Gasteiger partial charge in [0.05, 0.1) is 6.26 Å². The maximum Gasteiger partial charge on any atom is 0.279 e. The summed E-state index contributed by atoms with van der Waals surface area (Å²) in [6.45, 7) is 0.268. The van der Waals surface area contributed by atoms with Gasteiger partial charge in [-0.25, -0.2) is 0 Å². The standard InChI is InChI=1S/C25H20N2O3/c28-24(16-26-25(23-11-6-14-29-23)17-7-2-1-3-8-17)27-18-12-13-22-20(15-18)19-9-4-5-10-21(19)30-22/h1-15,25-26H,16H2,(H,27,28)/p+1/t25-/m0/s1. The van der Waals surface area contributed by atoms with Crippen LogP contribution in [0.3, 0.4) is 0 Å². The van der Waals surface area contributed by atoms with Crippen LogP contribution in [-0.4, -0.2) is 12.5 Å². The zero-order valence-electron chi connectivity index (χ0n) is 16.2. The number of amides is 1. The number of furan rings is 2. The Hall–Kier alpha value is -3.83. The van der Waals surface area contributed by atoms with Crippen molar-refractivity contribution < 1.29 is 18.9 Å². The van der Waals surface area contributed by atoms with Gasteiger partial charge in [0.1, 0.15) is 11.2 Å². The Morgan fingerprint density at radius 1 is 0.867 bits per heavy atom. The van der Waals surface area contributed by atoms with Crippen molar-refractivity contribution in [3.8, 4) is 0 Å². The van der Waals surface area contributed by atoms with Crippen LogP contribution in [0.25, 0.3) is 21.9 Å². The van der Waals surface area contributed by atoms with Crippen LogP contribution in [0.4, 0.5) is 5.69 Å². The van der Waals surface area contributed by atoms with Gasteiger partial charge in [0, 0.05) is 22.0 Å². The summed E-state index contributed by atoms with van der Waals surface area (Å²) < 4.78 is 11.5. The highest BCUT2D eigenvalue weighted by Gasteiger charge is 2.21. The maximum atomic E-state index is 12.7. The Morgan fingerprint density at radius 2 is 1.67 bits per heavy atom. The first kappa shape index (κ1) is 18.2. The van der Waals surface area contributed by atoms with Crippen molar-refractivity contribution in [3.63, 3.8) is 0 Å². The summed E-state index contributed by atoms with van der Waals surface area (Å²) in [6.07, 6.45) is 1.66. The normalized spacial score (nSPS) is 12.3. The van der Waals surface area contributed by atoms with Crippen LogP contribution in [0.2, 0.25) is 0 Å². The monoisotopic (exact) mass is 397 g/mol. The Labute approximate surface area is 173 Å². The highest BCUT2D eigenvalue weighted by molar-refractivity contribution is 6.06. The first-order chi connectivity index (χ1) is 14.8. The predicted octanol–water partition coefficient (Wildman–Crippen LogP) is 4.47. The lowest BCUT2D eigenvalue weighted by molar-refractivity contribution is -0.678. The molecule has 0 aliphatic heterocycles. The molecule has 0 spiro atoms. The van der Waals surface area contributed by atoms with Crippen molar-refractivity contribution in [1.82, 2.24) is 0 Å². The second-order valence-corrected chi connectivity index (χ2v) is 7.20. The molecule has 148 valence electrons. The predicted molar refractivity (Wildman–Crippen MR) is 116 cm³/mol. The van der Waals surface area contributed by atoms with Crippen LogP contribution in [-0.2, 0) is 4.79 Å². The van der Waals surface area contributed by atoms with Crippen LogP contribution in [0.15, 0.2) is 100 Å². The van der Waals surface area contributed by atoms with E-state index >= 15 is 0 Å². The summed E-state index contributed by atoms with van der Waals surface area (Å²) in [5.41, 5.74) is 3.49. The number of para-hydroxylation sites is 1. The van der Waals surface area contributed by atoms with Gasteiger partial charge in [0.2, 0.25) is 0 Å². The average molecular weight is 397 g/mol. The number of benzene rings is 3. The molecule has 0 aliphatic rings. The Balaban J connectivity index is 1.32. The molecule has 2 aromatic heterocycles. The van der Waals surface area contributed by atoms with Crippen LogP contribution < -0.4 is 10.6 Å². The fraction of sp³-hybridized carbons (Fsp3) is 0.0800. The summed E-state index contributed by atoms with van der Waals surface area (Å²) in [6, 6.07) is 27.4. The largest absolute Gasteiger partial charge is 0.463 e. The Bertz CT molecular complexity index is 1290. The van der Waals surface area contributed by atoms with E-state index < -0.39 is 0 Å². The van der Waals surface area contributed by atoms with Crippen molar-refractivity contribution in [2.24, 2.45) is 0 Å². The van der Waals surface area contributed by atoms with E-state index in [1.165, 1.54) is 0 Å². The van der Waals surface area contributed by atoms with E-state index in [1.807, 2.05) is 90.2 Å². The molecular formula is C25H21N2O3+. The number of quaternary nitrogens is 1. The van der Waals surface area contributed by atoms with Crippen LogP contribution in [0.5, 0.6) is 0 Å². The van der Waals surface area contributed by atoms with Crippen molar-refractivity contribution in [2.45, 2.75) is 6.04 Å². The van der Waals surface area contributed by atoms with Crippen molar-refractivity contribution >= 4 is 33.5 Å². The smallest absolute Gasteiger partial charge is 0.279 e. The third-order valence-corrected chi connectivity index (χ3v) is 5.21. The molecule has 5 heteroatoms. The van der Waals surface area contributed by atoms with Gasteiger partial charge in [0.25, 0.3) is 5.91 Å². The van der Waals surface area contributed by atoms with Crippen molar-refractivity contribution in [2.75, 3.05) is 11.9 Å². The molecule has 0 unspecified atom stereocenters. The molecule has 0 saturated heterocycles. The summed E-state index contributed by atoms with van der Waals surface area (Å²) in [4.78, 5) is 12.7. The van der Waals surface area contributed by atoms with Gasteiger partial charge in [-0.3, -0.25) is 4.79 Å². The third-order valence-electron chi connectivity index (χ3n) is 5.21. The van der Waals surface area contributed by atoms with E-state index in [2.05, 4.69) is 5.32 Å². The van der Waals surface area contributed by atoms with Gasteiger partial charge >= 0.3 is 0 Å². The number of nitrogens with two attached hydrogens (primary N) is 1. The molecule has 0 fully saturated rings. The van der Waals surface area contributed by atoms with E-state index in [0.29, 0.717) is 0 Å². The molecule has 5 rings (SSSR count). The molecule has 5 aromatic rings. The minimum Gasteiger partial charge on any atom is -0.463 e. The fourth-order valence-electron chi connectivity index (χ4n) is 3.79. The molecule has 5 nitrogen and oxygen atoms in total. The van der Waals surface area contributed by atoms with Gasteiger partial charge in [-0.2, -0.15) is 0 Å². The third kappa shape index (κ3) is 3.58. The Kier molecular flexibility index (Phi) is 4.79. The summed E-state index contributed by atoms with van der Waals surface area (Å²) in [7, 11) is 0. The van der Waals surface area contributed by atoms with Crippen molar-refractivity contribution in [3.05, 3.63) is 103 Å². The summed E-state index contributed by atoms with van der Waals surface area (Å²) in [5, 5.41) is 7.01. The van der Waals surface area contributed by atoms with Crippen LogP contribution in [0.1, 0.15) is 17.4 Å². The molecule has 3 N–H and O–H groups in total. The van der Waals surface area contributed by atoms with E-state index in [1.54, 1.807) is 6.26 Å². The van der Waals surface area contributed by atoms with Gasteiger partial charge in [-0.05, 0) is 36.4 Å². The topological polar surface area (TPSA) is 72.0 Å². The minimum atomic E-state index is -0.0766. The molecule has 0 saturated carbocycles. The van der Waals surface area contributed by atoms with Gasteiger partial charge in [-0.1, -0.05) is 48.5 Å². The van der Waals surface area contributed by atoms with Crippen LogP contribution in [0, 0.1) is 0 Å². The molecule has 0 aliphatic carbocycles. The van der Waals surface area contributed by atoms with E-state index in [0.717, 1.165) is 38.9 Å². The molecule has 0 bridgehead atoms. The number of fused-ring (bicyclic) bond motifs is 3. The number of carbonyl (C=O) groups is 1. The quantitative estimate of drug-likeness (QED) is 0.444. The zero-order chi connectivity index (χ0) is 20.3. The lowest BCUT2D eigenvalue weighted by Gasteiger charge is -2.14. The van der Waals surface area contributed by atoms with E-state index in [9.17, 15) is 4.79 Å². The van der Waals surface area contributed by atoms with Gasteiger partial charge < -0.3 is 19.5 Å². The number of hydrogen-bond acceptors (Lipinski definition) is 3. The SMILES string of the molecule is O=C(C[NH2+][C@@H](c1ccccc1)c1ccco1)Nc1ccc2oc3ccccc3c2c1. The minimum absolute atomic E-state index is 0.0744.